The van der Waals surface area contributed by atoms with E-state index >= 15 is 0 Å². The molecule has 98 valence electrons. The lowest BCUT2D eigenvalue weighted by molar-refractivity contribution is 0.0600. The van der Waals surface area contributed by atoms with E-state index in [4.69, 9.17) is 4.74 Å². The first-order chi connectivity index (χ1) is 9.13. The van der Waals surface area contributed by atoms with Gasteiger partial charge in [0.2, 0.25) is 0 Å². The smallest absolute Gasteiger partial charge is 0.338 e. The van der Waals surface area contributed by atoms with Crippen LogP contribution in [0.2, 0.25) is 0 Å². The van der Waals surface area contributed by atoms with Gasteiger partial charge in [-0.25, -0.2) is 9.78 Å². The predicted molar refractivity (Wildman–Crippen MR) is 81.3 cm³/mol. The van der Waals surface area contributed by atoms with E-state index in [1.807, 2.05) is 24.3 Å². The van der Waals surface area contributed by atoms with Crippen LogP contribution in [0.4, 0.5) is 0 Å². The minimum Gasteiger partial charge on any atom is -0.465 e. The van der Waals surface area contributed by atoms with E-state index in [0.717, 1.165) is 16.6 Å². The average molecular weight is 385 g/mol. The van der Waals surface area contributed by atoms with Gasteiger partial charge in [-0.15, -0.1) is 0 Å². The molecule has 0 fully saturated rings. The number of carbonyl (C=O) groups excluding carboxylic acids is 1. The molecule has 1 heterocycles. The van der Waals surface area contributed by atoms with Crippen molar-refractivity contribution in [3.8, 4) is 11.3 Å². The maximum Gasteiger partial charge on any atom is 0.338 e. The summed E-state index contributed by atoms with van der Waals surface area (Å²) in [6, 6.07) is 11.4. The van der Waals surface area contributed by atoms with Crippen LogP contribution in [0.1, 0.15) is 15.9 Å². The van der Waals surface area contributed by atoms with Crippen LogP contribution in [0.3, 0.4) is 0 Å². The lowest BCUT2D eigenvalue weighted by Gasteiger charge is -2.06. The fourth-order valence-electron chi connectivity index (χ4n) is 1.65. The second-order valence-electron chi connectivity index (χ2n) is 3.89. The second-order valence-corrected chi connectivity index (χ2v) is 5.26. The Morgan fingerprint density at radius 2 is 1.95 bits per heavy atom. The number of nitrogens with zero attached hydrogens (tertiary/aromatic N) is 1. The molecule has 0 amide bonds. The van der Waals surface area contributed by atoms with E-state index < -0.39 is 0 Å². The maximum absolute atomic E-state index is 11.6. The van der Waals surface area contributed by atoms with Gasteiger partial charge >= 0.3 is 5.97 Å². The van der Waals surface area contributed by atoms with E-state index in [-0.39, 0.29) is 5.97 Å². The van der Waals surface area contributed by atoms with Crippen molar-refractivity contribution in [2.75, 3.05) is 7.11 Å². The van der Waals surface area contributed by atoms with Crippen molar-refractivity contribution in [2.45, 2.75) is 5.33 Å². The number of alkyl halides is 1. The Bertz CT molecular complexity index is 597. The number of hydrogen-bond donors (Lipinski definition) is 0. The molecular formula is C14H11Br2NO2. The molecule has 19 heavy (non-hydrogen) atoms. The number of benzene rings is 1. The molecule has 0 unspecified atom stereocenters. The number of halogens is 2. The molecule has 5 heteroatoms. The van der Waals surface area contributed by atoms with Gasteiger partial charge in [0.25, 0.3) is 0 Å². The summed E-state index contributed by atoms with van der Waals surface area (Å²) in [5.41, 5.74) is 3.35. The molecule has 0 atom stereocenters. The lowest BCUT2D eigenvalue weighted by atomic mass is 10.1. The topological polar surface area (TPSA) is 39.2 Å². The zero-order valence-electron chi connectivity index (χ0n) is 10.2. The number of rotatable bonds is 3. The maximum atomic E-state index is 11.6. The average Bonchev–Trinajstić information content (AvgIpc) is 2.45. The van der Waals surface area contributed by atoms with Crippen LogP contribution in [0.15, 0.2) is 41.0 Å². The van der Waals surface area contributed by atoms with Crippen molar-refractivity contribution >= 4 is 37.8 Å². The predicted octanol–water partition coefficient (Wildman–Crippen LogP) is 4.19. The van der Waals surface area contributed by atoms with E-state index in [1.165, 1.54) is 12.7 Å². The van der Waals surface area contributed by atoms with E-state index in [1.54, 1.807) is 12.1 Å². The molecule has 0 spiro atoms. The molecule has 0 radical (unpaired) electrons. The summed E-state index contributed by atoms with van der Waals surface area (Å²) in [6.07, 6.45) is 0. The molecule has 0 aliphatic heterocycles. The number of pyridine rings is 1. The van der Waals surface area contributed by atoms with Crippen molar-refractivity contribution in [2.24, 2.45) is 0 Å². The fourth-order valence-corrected chi connectivity index (χ4v) is 2.46. The Balaban J connectivity index is 2.43. The summed E-state index contributed by atoms with van der Waals surface area (Å²) in [7, 11) is 1.36. The largest absolute Gasteiger partial charge is 0.465 e. The first kappa shape index (κ1) is 14.2. The van der Waals surface area contributed by atoms with Crippen molar-refractivity contribution < 1.29 is 9.53 Å². The molecule has 0 N–H and O–H groups in total. The number of ether oxygens (including phenoxy) is 1. The first-order valence-electron chi connectivity index (χ1n) is 5.55. The van der Waals surface area contributed by atoms with Gasteiger partial charge in [0.1, 0.15) is 4.60 Å². The summed E-state index contributed by atoms with van der Waals surface area (Å²) < 4.78 is 5.33. The third-order valence-corrected chi connectivity index (χ3v) is 3.67. The van der Waals surface area contributed by atoms with Gasteiger partial charge in [-0.3, -0.25) is 0 Å². The molecule has 0 aliphatic rings. The van der Waals surface area contributed by atoms with Crippen molar-refractivity contribution in [3.05, 3.63) is 52.1 Å². The van der Waals surface area contributed by atoms with Crippen LogP contribution in [0, 0.1) is 0 Å². The number of methoxy groups -OCH3 is 1. The highest BCUT2D eigenvalue weighted by atomic mass is 79.9. The van der Waals surface area contributed by atoms with Crippen LogP contribution in [0.25, 0.3) is 11.3 Å². The minimum absolute atomic E-state index is 0.374. The third kappa shape index (κ3) is 3.42. The number of hydrogen-bond acceptors (Lipinski definition) is 3. The van der Waals surface area contributed by atoms with Crippen molar-refractivity contribution in [3.63, 3.8) is 0 Å². The molecule has 1 aromatic carbocycles. The third-order valence-electron chi connectivity index (χ3n) is 2.62. The first-order valence-corrected chi connectivity index (χ1v) is 7.46. The Kier molecular flexibility index (Phi) is 4.71. The van der Waals surface area contributed by atoms with Crippen molar-refractivity contribution in [1.82, 2.24) is 4.98 Å². The zero-order chi connectivity index (χ0) is 13.8. The summed E-state index contributed by atoms with van der Waals surface area (Å²) in [5.74, 6) is -0.374. The molecular weight excluding hydrogens is 374 g/mol. The molecule has 0 aliphatic carbocycles. The molecule has 1 aromatic heterocycles. The number of aromatic nitrogens is 1. The van der Waals surface area contributed by atoms with Crippen LogP contribution in [0.5, 0.6) is 0 Å². The molecule has 0 saturated carbocycles. The van der Waals surface area contributed by atoms with E-state index in [0.29, 0.717) is 10.2 Å². The van der Waals surface area contributed by atoms with Gasteiger partial charge in [0.15, 0.2) is 0 Å². The SMILES string of the molecule is COC(=O)c1cc(Br)nc(-c2ccc(CBr)cc2)c1. The highest BCUT2D eigenvalue weighted by Crippen LogP contribution is 2.23. The molecule has 2 rings (SSSR count). The quantitative estimate of drug-likeness (QED) is 0.452. The van der Waals surface area contributed by atoms with Gasteiger partial charge in [0.05, 0.1) is 18.4 Å². The number of carbonyl (C=O) groups is 1. The van der Waals surface area contributed by atoms with Crippen LogP contribution >= 0.6 is 31.9 Å². The van der Waals surface area contributed by atoms with Gasteiger partial charge in [-0.2, -0.15) is 0 Å². The van der Waals surface area contributed by atoms with E-state index in [2.05, 4.69) is 36.8 Å². The van der Waals surface area contributed by atoms with Crippen LogP contribution in [-0.2, 0) is 10.1 Å². The Morgan fingerprint density at radius 1 is 1.26 bits per heavy atom. The summed E-state index contributed by atoms with van der Waals surface area (Å²) in [4.78, 5) is 15.9. The second kappa shape index (κ2) is 6.30. The van der Waals surface area contributed by atoms with Gasteiger partial charge < -0.3 is 4.74 Å². The van der Waals surface area contributed by atoms with Crippen LogP contribution < -0.4 is 0 Å². The zero-order valence-corrected chi connectivity index (χ0v) is 13.4. The Labute approximate surface area is 128 Å². The van der Waals surface area contributed by atoms with E-state index in [9.17, 15) is 4.79 Å². The van der Waals surface area contributed by atoms with Gasteiger partial charge in [0, 0.05) is 10.9 Å². The monoisotopic (exact) mass is 383 g/mol. The summed E-state index contributed by atoms with van der Waals surface area (Å²) >= 11 is 6.72. The van der Waals surface area contributed by atoms with Gasteiger partial charge in [-0.1, -0.05) is 40.2 Å². The standard InChI is InChI=1S/C14H11Br2NO2/c1-19-14(18)11-6-12(17-13(16)7-11)10-4-2-9(8-15)3-5-10/h2-7H,8H2,1H3. The Morgan fingerprint density at radius 3 is 2.53 bits per heavy atom. The number of esters is 1. The Hall–Kier alpha value is -1.20. The molecule has 0 bridgehead atoms. The molecule has 0 saturated heterocycles. The van der Waals surface area contributed by atoms with Crippen LogP contribution in [-0.4, -0.2) is 18.1 Å². The van der Waals surface area contributed by atoms with Crippen molar-refractivity contribution in [1.29, 1.82) is 0 Å². The summed E-state index contributed by atoms with van der Waals surface area (Å²) in [5, 5.41) is 0.812. The molecule has 3 nitrogen and oxygen atoms in total. The molecule has 2 aromatic rings. The minimum atomic E-state index is -0.374. The lowest BCUT2D eigenvalue weighted by Crippen LogP contribution is -2.02. The summed E-state index contributed by atoms with van der Waals surface area (Å²) in [6.45, 7) is 0. The fraction of sp³-hybridized carbons (Fsp3) is 0.143. The normalized spacial score (nSPS) is 10.3. The van der Waals surface area contributed by atoms with Gasteiger partial charge in [-0.05, 0) is 33.6 Å². The highest BCUT2D eigenvalue weighted by molar-refractivity contribution is 9.10. The highest BCUT2D eigenvalue weighted by Gasteiger charge is 2.10.